The van der Waals surface area contributed by atoms with Gasteiger partial charge >= 0.3 is 12.1 Å². The summed E-state index contributed by atoms with van der Waals surface area (Å²) in [6.45, 7) is 5.22. The van der Waals surface area contributed by atoms with Crippen LogP contribution >= 0.6 is 0 Å². The third-order valence-electron chi connectivity index (χ3n) is 2.60. The van der Waals surface area contributed by atoms with Crippen LogP contribution in [0.15, 0.2) is 18.2 Å². The van der Waals surface area contributed by atoms with Crippen molar-refractivity contribution in [2.75, 3.05) is 12.4 Å². The van der Waals surface area contributed by atoms with Crippen molar-refractivity contribution in [2.45, 2.75) is 38.9 Å². The number of methoxy groups -OCH3 is 1. The number of aliphatic hydroxyl groups excluding tert-OH is 1. The topological polar surface area (TPSA) is 105 Å². The molecule has 1 amide bonds. The van der Waals surface area contributed by atoms with Crippen molar-refractivity contribution >= 4 is 17.7 Å². The molecule has 1 aromatic rings. The van der Waals surface area contributed by atoms with Crippen LogP contribution in [0, 0.1) is 0 Å². The number of carbonyl (C=O) groups excluding carboxylic acids is 1. The Labute approximate surface area is 128 Å². The van der Waals surface area contributed by atoms with Crippen molar-refractivity contribution in [1.29, 1.82) is 0 Å². The van der Waals surface area contributed by atoms with Gasteiger partial charge in [-0.1, -0.05) is 0 Å². The predicted molar refractivity (Wildman–Crippen MR) is 80.1 cm³/mol. The van der Waals surface area contributed by atoms with Crippen molar-refractivity contribution in [3.8, 4) is 5.75 Å². The van der Waals surface area contributed by atoms with Crippen molar-refractivity contribution in [2.24, 2.45) is 0 Å². The molecule has 1 rings (SSSR count). The van der Waals surface area contributed by atoms with Gasteiger partial charge in [-0.3, -0.25) is 10.1 Å². The van der Waals surface area contributed by atoms with E-state index in [4.69, 9.17) is 14.6 Å². The number of aliphatic carboxylic acids is 1. The maximum absolute atomic E-state index is 11.7. The molecule has 122 valence electrons. The molecular weight excluding hydrogens is 290 g/mol. The molecule has 0 aromatic heterocycles. The van der Waals surface area contributed by atoms with Crippen molar-refractivity contribution in [3.05, 3.63) is 23.8 Å². The number of rotatable bonds is 5. The Bertz CT molecular complexity index is 549. The lowest BCUT2D eigenvalue weighted by molar-refractivity contribution is -0.139. The Morgan fingerprint density at radius 1 is 1.32 bits per heavy atom. The minimum atomic E-state index is -1.24. The zero-order chi connectivity index (χ0) is 16.9. The van der Waals surface area contributed by atoms with E-state index >= 15 is 0 Å². The second kappa shape index (κ2) is 7.13. The van der Waals surface area contributed by atoms with Crippen LogP contribution in [0.5, 0.6) is 5.75 Å². The second-order valence-electron chi connectivity index (χ2n) is 5.70. The van der Waals surface area contributed by atoms with Crippen molar-refractivity contribution in [3.63, 3.8) is 0 Å². The van der Waals surface area contributed by atoms with E-state index in [-0.39, 0.29) is 5.56 Å². The molecule has 0 heterocycles. The first kappa shape index (κ1) is 17.8. The van der Waals surface area contributed by atoms with Gasteiger partial charge in [-0.25, -0.2) is 4.79 Å². The van der Waals surface area contributed by atoms with Crippen LogP contribution in [0.2, 0.25) is 0 Å². The van der Waals surface area contributed by atoms with Crippen molar-refractivity contribution < 1.29 is 29.3 Å². The molecule has 0 saturated carbocycles. The summed E-state index contributed by atoms with van der Waals surface area (Å²) in [7, 11) is 1.41. The van der Waals surface area contributed by atoms with E-state index < -0.39 is 30.2 Å². The normalized spacial score (nSPS) is 12.4. The molecular formula is C15H21NO6. The molecule has 0 unspecified atom stereocenters. The number of hydrogen-bond acceptors (Lipinski definition) is 5. The minimum absolute atomic E-state index is 0.276. The van der Waals surface area contributed by atoms with Gasteiger partial charge in [0.2, 0.25) is 0 Å². The van der Waals surface area contributed by atoms with Crippen molar-refractivity contribution in [1.82, 2.24) is 0 Å². The van der Waals surface area contributed by atoms with E-state index in [1.165, 1.54) is 19.2 Å². The van der Waals surface area contributed by atoms with Gasteiger partial charge in [0.05, 0.1) is 19.6 Å². The lowest BCUT2D eigenvalue weighted by atomic mass is 10.0. The number of benzene rings is 1. The van der Waals surface area contributed by atoms with E-state index in [0.717, 1.165) is 0 Å². The van der Waals surface area contributed by atoms with Crippen LogP contribution in [0.25, 0.3) is 0 Å². The molecule has 0 saturated heterocycles. The van der Waals surface area contributed by atoms with Gasteiger partial charge in [-0.2, -0.15) is 0 Å². The van der Waals surface area contributed by atoms with Gasteiger partial charge in [0.1, 0.15) is 11.4 Å². The van der Waals surface area contributed by atoms with Crippen LogP contribution in [0.3, 0.4) is 0 Å². The minimum Gasteiger partial charge on any atom is -0.496 e. The standard InChI is InChI=1S/C15H21NO6/c1-15(2,3)22-14(20)16-9-5-6-12(21-4)10(7-9)11(17)8-13(18)19/h5-7,11,17H,8H2,1-4H3,(H,16,20)(H,18,19)/t11-/m1/s1. The summed E-state index contributed by atoms with van der Waals surface area (Å²) in [5.74, 6) is -0.802. The Balaban J connectivity index is 2.94. The SMILES string of the molecule is COc1ccc(NC(=O)OC(C)(C)C)cc1[C@H](O)CC(=O)O. The molecule has 0 aliphatic carbocycles. The van der Waals surface area contributed by atoms with Crippen LogP contribution in [0.1, 0.15) is 38.9 Å². The first-order valence-corrected chi connectivity index (χ1v) is 6.70. The molecule has 0 fully saturated rings. The lowest BCUT2D eigenvalue weighted by Crippen LogP contribution is -2.27. The molecule has 3 N–H and O–H groups in total. The quantitative estimate of drug-likeness (QED) is 0.772. The van der Waals surface area contributed by atoms with Crippen LogP contribution < -0.4 is 10.1 Å². The molecule has 0 spiro atoms. The summed E-state index contributed by atoms with van der Waals surface area (Å²) >= 11 is 0. The van der Waals surface area contributed by atoms with Gasteiger partial charge in [-0.05, 0) is 39.0 Å². The van der Waals surface area contributed by atoms with E-state index in [2.05, 4.69) is 5.32 Å². The van der Waals surface area contributed by atoms with Gasteiger partial charge in [0.15, 0.2) is 0 Å². The third-order valence-corrected chi connectivity index (χ3v) is 2.60. The number of hydrogen-bond donors (Lipinski definition) is 3. The highest BCUT2D eigenvalue weighted by Gasteiger charge is 2.19. The largest absolute Gasteiger partial charge is 0.496 e. The molecule has 22 heavy (non-hydrogen) atoms. The van der Waals surface area contributed by atoms with Gasteiger partial charge in [-0.15, -0.1) is 0 Å². The van der Waals surface area contributed by atoms with E-state index in [1.807, 2.05) is 0 Å². The maximum atomic E-state index is 11.7. The van der Waals surface area contributed by atoms with Crippen LogP contribution in [-0.2, 0) is 9.53 Å². The van der Waals surface area contributed by atoms with E-state index in [0.29, 0.717) is 11.4 Å². The number of amides is 1. The molecule has 1 atom stereocenters. The fraction of sp³-hybridized carbons (Fsp3) is 0.467. The lowest BCUT2D eigenvalue weighted by Gasteiger charge is -2.20. The smallest absolute Gasteiger partial charge is 0.412 e. The molecule has 0 aliphatic rings. The fourth-order valence-electron chi connectivity index (χ4n) is 1.77. The Morgan fingerprint density at radius 2 is 1.95 bits per heavy atom. The average Bonchev–Trinajstić information content (AvgIpc) is 2.35. The van der Waals surface area contributed by atoms with Gasteiger partial charge in [0.25, 0.3) is 0 Å². The highest BCUT2D eigenvalue weighted by Crippen LogP contribution is 2.30. The number of ether oxygens (including phenoxy) is 2. The summed E-state index contributed by atoms with van der Waals surface area (Å²) in [6, 6.07) is 4.56. The number of aliphatic hydroxyl groups is 1. The zero-order valence-electron chi connectivity index (χ0n) is 13.0. The first-order valence-electron chi connectivity index (χ1n) is 6.70. The number of carbonyl (C=O) groups is 2. The molecule has 0 bridgehead atoms. The first-order chi connectivity index (χ1) is 10.1. The molecule has 7 heteroatoms. The van der Waals surface area contributed by atoms with Crippen LogP contribution in [-0.4, -0.2) is 35.0 Å². The Kier molecular flexibility index (Phi) is 5.76. The predicted octanol–water partition coefficient (Wildman–Crippen LogP) is 2.55. The molecule has 7 nitrogen and oxygen atoms in total. The number of nitrogens with one attached hydrogen (secondary N) is 1. The summed E-state index contributed by atoms with van der Waals surface area (Å²) < 4.78 is 10.2. The third kappa shape index (κ3) is 5.61. The second-order valence-corrected chi connectivity index (χ2v) is 5.70. The van der Waals surface area contributed by atoms with E-state index in [9.17, 15) is 14.7 Å². The Hall–Kier alpha value is -2.28. The van der Waals surface area contributed by atoms with Crippen LogP contribution in [0.4, 0.5) is 10.5 Å². The maximum Gasteiger partial charge on any atom is 0.412 e. The summed E-state index contributed by atoms with van der Waals surface area (Å²) in [5.41, 5.74) is 0.00955. The van der Waals surface area contributed by atoms with Gasteiger partial charge in [0, 0.05) is 11.3 Å². The zero-order valence-corrected chi connectivity index (χ0v) is 13.0. The summed E-state index contributed by atoms with van der Waals surface area (Å²) in [6.07, 6.45) is -2.35. The molecule has 0 radical (unpaired) electrons. The summed E-state index contributed by atoms with van der Waals surface area (Å²) in [4.78, 5) is 22.4. The molecule has 1 aromatic carbocycles. The van der Waals surface area contributed by atoms with E-state index in [1.54, 1.807) is 26.8 Å². The highest BCUT2D eigenvalue weighted by molar-refractivity contribution is 5.85. The number of carboxylic acid groups (broad SMARTS) is 1. The monoisotopic (exact) mass is 311 g/mol. The number of carboxylic acids is 1. The fourth-order valence-corrected chi connectivity index (χ4v) is 1.77. The highest BCUT2D eigenvalue weighted by atomic mass is 16.6. The Morgan fingerprint density at radius 3 is 2.45 bits per heavy atom. The average molecular weight is 311 g/mol. The molecule has 0 aliphatic heterocycles. The van der Waals surface area contributed by atoms with Gasteiger partial charge < -0.3 is 19.7 Å². The summed E-state index contributed by atoms with van der Waals surface area (Å²) in [5, 5.41) is 21.2. The number of anilines is 1.